The number of sulfonamides is 1. The molecule has 38 heavy (non-hydrogen) atoms. The van der Waals surface area contributed by atoms with E-state index in [0.717, 1.165) is 4.31 Å². The highest BCUT2D eigenvalue weighted by Gasteiger charge is 2.33. The number of rotatable bonds is 8. The maximum Gasteiger partial charge on any atom is 0.296 e. The van der Waals surface area contributed by atoms with Gasteiger partial charge in [-0.2, -0.15) is 5.10 Å². The molecular formula is C27H26FN5O4S. The normalized spacial score (nSPS) is 11.8. The number of carbonyl (C=O) groups excluding carboxylic acids is 1. The molecule has 4 aromatic rings. The second kappa shape index (κ2) is 10.9. The standard InChI is InChI=1S/C27H26FN5O4S/c1-19(21-14-16-22(28)17-15-21)29-30-25(34)18-32(38(36,37)24-12-8-5-9-13-24)26-20(2)31(3)33(27(26)35)23-10-6-4-7-11-23/h4-17H,18H2,1-3H3,(H,30,34)/b29-19-. The van der Waals surface area contributed by atoms with E-state index in [0.29, 0.717) is 22.7 Å². The zero-order valence-corrected chi connectivity index (χ0v) is 21.8. The van der Waals surface area contributed by atoms with Crippen molar-refractivity contribution in [2.24, 2.45) is 12.1 Å². The number of hydrogen-bond acceptors (Lipinski definition) is 5. The van der Waals surface area contributed by atoms with E-state index in [9.17, 15) is 22.4 Å². The van der Waals surface area contributed by atoms with Crippen molar-refractivity contribution in [3.8, 4) is 5.69 Å². The summed E-state index contributed by atoms with van der Waals surface area (Å²) < 4.78 is 44.4. The third kappa shape index (κ3) is 5.28. The Morgan fingerprint density at radius 1 is 0.974 bits per heavy atom. The first-order chi connectivity index (χ1) is 18.1. The van der Waals surface area contributed by atoms with Crippen LogP contribution in [-0.4, -0.2) is 35.9 Å². The van der Waals surface area contributed by atoms with E-state index in [1.807, 2.05) is 0 Å². The number of hydrogen-bond donors (Lipinski definition) is 1. The van der Waals surface area contributed by atoms with Gasteiger partial charge in [0, 0.05) is 7.05 Å². The van der Waals surface area contributed by atoms with Crippen LogP contribution in [0.25, 0.3) is 5.69 Å². The molecule has 0 radical (unpaired) electrons. The topological polar surface area (TPSA) is 106 Å². The van der Waals surface area contributed by atoms with Crippen molar-refractivity contribution < 1.29 is 17.6 Å². The van der Waals surface area contributed by atoms with Gasteiger partial charge < -0.3 is 0 Å². The molecule has 0 atom stereocenters. The number of amides is 1. The van der Waals surface area contributed by atoms with Gasteiger partial charge in [-0.1, -0.05) is 48.5 Å². The van der Waals surface area contributed by atoms with Gasteiger partial charge in [0.15, 0.2) is 0 Å². The molecule has 1 N–H and O–H groups in total. The van der Waals surface area contributed by atoms with Crippen LogP contribution >= 0.6 is 0 Å². The summed E-state index contributed by atoms with van der Waals surface area (Å²) in [6.07, 6.45) is 0. The van der Waals surface area contributed by atoms with Crippen LogP contribution in [0, 0.1) is 12.7 Å². The minimum absolute atomic E-state index is 0.0762. The summed E-state index contributed by atoms with van der Waals surface area (Å²) in [5, 5.41) is 4.03. The van der Waals surface area contributed by atoms with E-state index >= 15 is 0 Å². The average molecular weight is 536 g/mol. The maximum atomic E-state index is 13.7. The Balaban J connectivity index is 1.75. The molecule has 0 saturated heterocycles. The highest BCUT2D eigenvalue weighted by atomic mass is 32.2. The molecule has 3 aromatic carbocycles. The quantitative estimate of drug-likeness (QED) is 0.276. The Kier molecular flexibility index (Phi) is 7.58. The van der Waals surface area contributed by atoms with Crippen LogP contribution < -0.4 is 15.3 Å². The molecule has 0 aliphatic rings. The molecule has 0 aliphatic carbocycles. The Morgan fingerprint density at radius 2 is 1.55 bits per heavy atom. The highest BCUT2D eigenvalue weighted by molar-refractivity contribution is 7.92. The molecule has 11 heteroatoms. The number of anilines is 1. The third-order valence-corrected chi connectivity index (χ3v) is 7.76. The first-order valence-corrected chi connectivity index (χ1v) is 13.1. The minimum Gasteiger partial charge on any atom is -0.283 e. The number of carbonyl (C=O) groups is 1. The summed E-state index contributed by atoms with van der Waals surface area (Å²) in [5.74, 6) is -1.17. The molecule has 1 amide bonds. The molecular weight excluding hydrogens is 509 g/mol. The SMILES string of the molecule is C/C(=N/NC(=O)CN(c1c(C)n(C)n(-c2ccccc2)c1=O)S(=O)(=O)c1ccccc1)c1ccc(F)cc1. The Morgan fingerprint density at radius 3 is 2.16 bits per heavy atom. The van der Waals surface area contributed by atoms with Crippen molar-refractivity contribution in [2.75, 3.05) is 10.8 Å². The van der Waals surface area contributed by atoms with Gasteiger partial charge in [-0.3, -0.25) is 14.3 Å². The van der Waals surface area contributed by atoms with Gasteiger partial charge in [0.25, 0.3) is 21.5 Å². The fourth-order valence-corrected chi connectivity index (χ4v) is 5.41. The summed E-state index contributed by atoms with van der Waals surface area (Å²) in [5.41, 5.74) is 3.43. The van der Waals surface area contributed by atoms with Crippen LogP contribution in [-0.2, 0) is 21.9 Å². The lowest BCUT2D eigenvalue weighted by molar-refractivity contribution is -0.119. The number of nitrogens with zero attached hydrogens (tertiary/aromatic N) is 4. The summed E-state index contributed by atoms with van der Waals surface area (Å²) in [6, 6.07) is 21.9. The van der Waals surface area contributed by atoms with E-state index in [1.165, 1.54) is 45.8 Å². The van der Waals surface area contributed by atoms with E-state index in [-0.39, 0.29) is 10.6 Å². The zero-order valence-electron chi connectivity index (χ0n) is 21.0. The van der Waals surface area contributed by atoms with Crippen molar-refractivity contribution in [1.29, 1.82) is 0 Å². The zero-order chi connectivity index (χ0) is 27.4. The number of hydrazone groups is 1. The van der Waals surface area contributed by atoms with Crippen LogP contribution in [0.5, 0.6) is 0 Å². The van der Waals surface area contributed by atoms with Crippen LogP contribution in [0.1, 0.15) is 18.2 Å². The molecule has 4 rings (SSSR count). The number of para-hydroxylation sites is 1. The summed E-state index contributed by atoms with van der Waals surface area (Å²) in [4.78, 5) is 26.5. The molecule has 196 valence electrons. The first-order valence-electron chi connectivity index (χ1n) is 11.6. The van der Waals surface area contributed by atoms with Crippen LogP contribution in [0.15, 0.2) is 99.7 Å². The van der Waals surface area contributed by atoms with E-state index in [2.05, 4.69) is 10.5 Å². The molecule has 9 nitrogen and oxygen atoms in total. The number of benzene rings is 3. The second-order valence-corrected chi connectivity index (χ2v) is 10.3. The molecule has 0 unspecified atom stereocenters. The number of aromatic nitrogens is 2. The lowest BCUT2D eigenvalue weighted by Crippen LogP contribution is -2.42. The van der Waals surface area contributed by atoms with Crippen molar-refractivity contribution >= 4 is 27.3 Å². The predicted molar refractivity (Wildman–Crippen MR) is 143 cm³/mol. The van der Waals surface area contributed by atoms with E-state index < -0.39 is 33.9 Å². The van der Waals surface area contributed by atoms with Crippen molar-refractivity contribution in [3.63, 3.8) is 0 Å². The van der Waals surface area contributed by atoms with Crippen LogP contribution in [0.4, 0.5) is 10.1 Å². The summed E-state index contributed by atoms with van der Waals surface area (Å²) >= 11 is 0. The van der Waals surface area contributed by atoms with Crippen LogP contribution in [0.3, 0.4) is 0 Å². The highest BCUT2D eigenvalue weighted by Crippen LogP contribution is 2.25. The van der Waals surface area contributed by atoms with Crippen LogP contribution in [0.2, 0.25) is 0 Å². The molecule has 0 saturated carbocycles. The Labute approximate surface area is 219 Å². The van der Waals surface area contributed by atoms with E-state index in [1.54, 1.807) is 69.4 Å². The average Bonchev–Trinajstić information content (AvgIpc) is 3.14. The summed E-state index contributed by atoms with van der Waals surface area (Å²) in [7, 11) is -2.68. The van der Waals surface area contributed by atoms with Crippen molar-refractivity contribution in [3.05, 3.63) is 112 Å². The Hall–Kier alpha value is -4.51. The van der Waals surface area contributed by atoms with Gasteiger partial charge in [0.1, 0.15) is 18.0 Å². The van der Waals surface area contributed by atoms with E-state index in [4.69, 9.17) is 0 Å². The smallest absolute Gasteiger partial charge is 0.283 e. The summed E-state index contributed by atoms with van der Waals surface area (Å²) in [6.45, 7) is 2.52. The number of halogens is 1. The van der Waals surface area contributed by atoms with Gasteiger partial charge >= 0.3 is 0 Å². The van der Waals surface area contributed by atoms with Gasteiger partial charge in [-0.15, -0.1) is 0 Å². The maximum absolute atomic E-state index is 13.7. The fourth-order valence-electron chi connectivity index (χ4n) is 3.91. The second-order valence-electron chi connectivity index (χ2n) is 8.47. The lowest BCUT2D eigenvalue weighted by Gasteiger charge is -2.22. The van der Waals surface area contributed by atoms with Crippen molar-refractivity contribution in [1.82, 2.24) is 14.8 Å². The molecule has 0 spiro atoms. The van der Waals surface area contributed by atoms with Crippen molar-refractivity contribution in [2.45, 2.75) is 18.7 Å². The van der Waals surface area contributed by atoms with Gasteiger partial charge in [-0.05, 0) is 55.8 Å². The molecule has 0 fully saturated rings. The minimum atomic E-state index is -4.32. The van der Waals surface area contributed by atoms with Gasteiger partial charge in [-0.25, -0.2) is 27.2 Å². The fraction of sp³-hybridized carbons (Fsp3) is 0.148. The lowest BCUT2D eigenvalue weighted by atomic mass is 10.1. The van der Waals surface area contributed by atoms with Gasteiger partial charge in [0.05, 0.1) is 22.0 Å². The number of nitrogens with one attached hydrogen (secondary N) is 1. The molecule has 1 heterocycles. The first kappa shape index (κ1) is 26.6. The predicted octanol–water partition coefficient (Wildman–Crippen LogP) is 3.36. The monoisotopic (exact) mass is 535 g/mol. The largest absolute Gasteiger partial charge is 0.296 e. The molecule has 0 aliphatic heterocycles. The Bertz CT molecular complexity index is 1650. The van der Waals surface area contributed by atoms with Gasteiger partial charge in [0.2, 0.25) is 0 Å². The third-order valence-electron chi connectivity index (χ3n) is 6.00. The molecule has 0 bridgehead atoms. The molecule has 1 aromatic heterocycles.